The molecule has 27 heavy (non-hydrogen) atoms. The Kier molecular flexibility index (Phi) is 5.35. The Morgan fingerprint density at radius 2 is 2.04 bits per heavy atom. The predicted octanol–water partition coefficient (Wildman–Crippen LogP) is 3.11. The maximum atomic E-state index is 13.8. The number of nitrogens with one attached hydrogen (secondary N) is 1. The fraction of sp³-hybridized carbons (Fsp3) is 0.211. The number of carbonyl (C=O) groups is 1. The fourth-order valence-electron chi connectivity index (χ4n) is 2.37. The van der Waals surface area contributed by atoms with E-state index in [0.29, 0.717) is 17.2 Å². The van der Waals surface area contributed by atoms with Crippen molar-refractivity contribution in [3.05, 3.63) is 70.7 Å². The van der Waals surface area contributed by atoms with E-state index in [1.165, 1.54) is 19.3 Å². The van der Waals surface area contributed by atoms with E-state index in [9.17, 15) is 9.18 Å². The number of aryl methyl sites for hydroxylation is 3. The van der Waals surface area contributed by atoms with Crippen LogP contribution in [0, 0.1) is 19.8 Å². The van der Waals surface area contributed by atoms with Gasteiger partial charge in [0.05, 0.1) is 17.5 Å². The summed E-state index contributed by atoms with van der Waals surface area (Å²) in [6, 6.07) is 10.8. The Hall–Kier alpha value is -3.42. The summed E-state index contributed by atoms with van der Waals surface area (Å²) in [4.78, 5) is 12.1. The van der Waals surface area contributed by atoms with E-state index >= 15 is 0 Å². The molecule has 0 bridgehead atoms. The van der Waals surface area contributed by atoms with Crippen molar-refractivity contribution >= 4 is 12.1 Å². The van der Waals surface area contributed by atoms with Gasteiger partial charge >= 0.3 is 5.91 Å². The Bertz CT molecular complexity index is 974. The van der Waals surface area contributed by atoms with Gasteiger partial charge in [-0.3, -0.25) is 4.79 Å². The van der Waals surface area contributed by atoms with Gasteiger partial charge in [0.1, 0.15) is 18.1 Å². The molecule has 0 fully saturated rings. The minimum absolute atomic E-state index is 0.0815. The highest BCUT2D eigenvalue weighted by molar-refractivity contribution is 5.92. The summed E-state index contributed by atoms with van der Waals surface area (Å²) in [5.74, 6) is 0.215. The highest BCUT2D eigenvalue weighted by Gasteiger charge is 2.13. The molecule has 0 saturated heterocycles. The smallest absolute Gasteiger partial charge is 0.307 e. The summed E-state index contributed by atoms with van der Waals surface area (Å²) in [6.45, 7) is 3.84. The van der Waals surface area contributed by atoms with E-state index in [0.717, 1.165) is 10.2 Å². The Labute approximate surface area is 155 Å². The van der Waals surface area contributed by atoms with Gasteiger partial charge in [0, 0.05) is 7.05 Å². The Morgan fingerprint density at radius 1 is 1.30 bits per heavy atom. The number of furan rings is 1. The van der Waals surface area contributed by atoms with Crippen molar-refractivity contribution in [1.82, 2.24) is 15.2 Å². The average Bonchev–Trinajstić information content (AvgIpc) is 3.21. The van der Waals surface area contributed by atoms with Crippen LogP contribution in [0.1, 0.15) is 33.1 Å². The first-order chi connectivity index (χ1) is 12.9. The van der Waals surface area contributed by atoms with Crippen LogP contribution in [0.4, 0.5) is 4.39 Å². The van der Waals surface area contributed by atoms with E-state index in [1.807, 2.05) is 31.2 Å². The first kappa shape index (κ1) is 18.4. The number of benzene rings is 1. The molecule has 0 unspecified atom stereocenters. The third-order valence-electron chi connectivity index (χ3n) is 3.84. The molecular formula is C19H19FN4O3. The number of rotatable bonds is 6. The summed E-state index contributed by atoms with van der Waals surface area (Å²) in [5.41, 5.74) is 4.12. The second-order valence-electron chi connectivity index (χ2n) is 5.98. The van der Waals surface area contributed by atoms with Crippen LogP contribution in [0.5, 0.6) is 5.75 Å². The number of aromatic nitrogens is 2. The molecule has 8 heteroatoms. The lowest BCUT2D eigenvalue weighted by molar-refractivity contribution is 0.0923. The van der Waals surface area contributed by atoms with Crippen molar-refractivity contribution < 1.29 is 18.3 Å². The summed E-state index contributed by atoms with van der Waals surface area (Å²) in [6.07, 6.45) is 1.21. The summed E-state index contributed by atoms with van der Waals surface area (Å²) in [5, 5.41) is 7.68. The van der Waals surface area contributed by atoms with Gasteiger partial charge in [-0.1, -0.05) is 17.7 Å². The van der Waals surface area contributed by atoms with Crippen molar-refractivity contribution in [2.24, 2.45) is 12.1 Å². The Balaban J connectivity index is 1.56. The van der Waals surface area contributed by atoms with Crippen LogP contribution in [-0.2, 0) is 13.7 Å². The topological polar surface area (TPSA) is 81.6 Å². The molecule has 2 heterocycles. The van der Waals surface area contributed by atoms with Crippen LogP contribution in [-0.4, -0.2) is 21.9 Å². The molecule has 3 rings (SSSR count). The van der Waals surface area contributed by atoms with E-state index in [2.05, 4.69) is 15.6 Å². The molecule has 140 valence electrons. The normalized spacial score (nSPS) is 11.1. The van der Waals surface area contributed by atoms with E-state index in [-0.39, 0.29) is 17.9 Å². The third-order valence-corrected chi connectivity index (χ3v) is 3.84. The average molecular weight is 370 g/mol. The summed E-state index contributed by atoms with van der Waals surface area (Å²) in [7, 11) is 1.49. The molecule has 1 aromatic carbocycles. The molecule has 0 aliphatic heterocycles. The lowest BCUT2D eigenvalue weighted by atomic mass is 10.2. The number of hydrazone groups is 1. The van der Waals surface area contributed by atoms with Crippen LogP contribution in [0.2, 0.25) is 0 Å². The van der Waals surface area contributed by atoms with Gasteiger partial charge in [0.15, 0.2) is 5.76 Å². The van der Waals surface area contributed by atoms with Crippen LogP contribution in [0.3, 0.4) is 0 Å². The molecule has 1 N–H and O–H groups in total. The van der Waals surface area contributed by atoms with Gasteiger partial charge in [-0.25, -0.2) is 10.1 Å². The van der Waals surface area contributed by atoms with Crippen LogP contribution < -0.4 is 10.2 Å². The van der Waals surface area contributed by atoms with Gasteiger partial charge in [-0.15, -0.1) is 0 Å². The van der Waals surface area contributed by atoms with Crippen LogP contribution >= 0.6 is 0 Å². The molecule has 3 aromatic rings. The maximum absolute atomic E-state index is 13.8. The lowest BCUT2D eigenvalue weighted by Gasteiger charge is -2.04. The zero-order valence-corrected chi connectivity index (χ0v) is 15.2. The van der Waals surface area contributed by atoms with Crippen molar-refractivity contribution in [3.8, 4) is 5.75 Å². The van der Waals surface area contributed by atoms with Crippen molar-refractivity contribution in [2.75, 3.05) is 0 Å². The van der Waals surface area contributed by atoms with E-state index < -0.39 is 11.9 Å². The van der Waals surface area contributed by atoms with Gasteiger partial charge in [-0.2, -0.15) is 14.6 Å². The number of nitrogens with zero attached hydrogens (tertiary/aromatic N) is 3. The third kappa shape index (κ3) is 4.41. The first-order valence-corrected chi connectivity index (χ1v) is 8.24. The SMILES string of the molecule is Cc1ccc(OCc2ccc(C(=O)N/N=C/c3c(C)nn(C)c3F)o2)cc1. The second-order valence-corrected chi connectivity index (χ2v) is 5.98. The van der Waals surface area contributed by atoms with Crippen LogP contribution in [0.15, 0.2) is 45.9 Å². The lowest BCUT2D eigenvalue weighted by Crippen LogP contribution is -2.17. The molecule has 0 radical (unpaired) electrons. The maximum Gasteiger partial charge on any atom is 0.307 e. The second kappa shape index (κ2) is 7.86. The van der Waals surface area contributed by atoms with Crippen LogP contribution in [0.25, 0.3) is 0 Å². The molecule has 2 aromatic heterocycles. The molecule has 7 nitrogen and oxygen atoms in total. The number of halogens is 1. The zero-order valence-electron chi connectivity index (χ0n) is 15.2. The number of hydrogen-bond acceptors (Lipinski definition) is 5. The standard InChI is InChI=1S/C19H19FN4O3/c1-12-4-6-14(7-5-12)26-11-15-8-9-17(27-15)19(25)22-21-10-16-13(2)23-24(3)18(16)20/h4-10H,11H2,1-3H3,(H,22,25)/b21-10+. The highest BCUT2D eigenvalue weighted by Crippen LogP contribution is 2.15. The zero-order chi connectivity index (χ0) is 19.4. The van der Waals surface area contributed by atoms with Gasteiger partial charge in [-0.05, 0) is 38.1 Å². The molecule has 0 aliphatic rings. The Morgan fingerprint density at radius 3 is 2.70 bits per heavy atom. The predicted molar refractivity (Wildman–Crippen MR) is 97.2 cm³/mol. The molecule has 0 spiro atoms. The van der Waals surface area contributed by atoms with Gasteiger partial charge in [0.25, 0.3) is 0 Å². The number of ether oxygens (including phenoxy) is 1. The van der Waals surface area contributed by atoms with Crippen molar-refractivity contribution in [2.45, 2.75) is 20.5 Å². The summed E-state index contributed by atoms with van der Waals surface area (Å²) >= 11 is 0. The minimum Gasteiger partial charge on any atom is -0.486 e. The monoisotopic (exact) mass is 370 g/mol. The number of carbonyl (C=O) groups excluding carboxylic acids is 1. The van der Waals surface area contributed by atoms with E-state index in [1.54, 1.807) is 13.0 Å². The number of amides is 1. The molecule has 0 saturated carbocycles. The van der Waals surface area contributed by atoms with Crippen molar-refractivity contribution in [3.63, 3.8) is 0 Å². The number of hydrogen-bond donors (Lipinski definition) is 1. The van der Waals surface area contributed by atoms with Crippen molar-refractivity contribution in [1.29, 1.82) is 0 Å². The fourth-order valence-corrected chi connectivity index (χ4v) is 2.37. The first-order valence-electron chi connectivity index (χ1n) is 8.24. The minimum atomic E-state index is -0.546. The molecule has 1 amide bonds. The van der Waals surface area contributed by atoms with Gasteiger partial charge < -0.3 is 9.15 Å². The summed E-state index contributed by atoms with van der Waals surface area (Å²) < 4.78 is 25.9. The molecule has 0 atom stereocenters. The molecular weight excluding hydrogens is 351 g/mol. The quantitative estimate of drug-likeness (QED) is 0.534. The van der Waals surface area contributed by atoms with Gasteiger partial charge in [0.2, 0.25) is 5.95 Å². The molecule has 0 aliphatic carbocycles. The van der Waals surface area contributed by atoms with E-state index in [4.69, 9.17) is 9.15 Å². The largest absolute Gasteiger partial charge is 0.486 e. The highest BCUT2D eigenvalue weighted by atomic mass is 19.1.